The molecule has 0 aromatic heterocycles. The van der Waals surface area contributed by atoms with Crippen molar-refractivity contribution in [3.05, 3.63) is 39.9 Å². The number of nitrogens with two attached hydrogens (primary N) is 1. The van der Waals surface area contributed by atoms with Crippen molar-refractivity contribution in [2.45, 2.75) is 19.4 Å². The molecule has 0 spiro atoms. The molecule has 1 saturated heterocycles. The Morgan fingerprint density at radius 1 is 1.38 bits per heavy atom. The largest absolute Gasteiger partial charge is 0.381 e. The Morgan fingerprint density at radius 2 is 2.05 bits per heavy atom. The van der Waals surface area contributed by atoms with Gasteiger partial charge in [-0.15, -0.1) is 0 Å². The first-order chi connectivity index (χ1) is 10.1. The number of hydrogen-bond acceptors (Lipinski definition) is 5. The molecule has 1 amide bonds. The minimum atomic E-state index is -0.623. The Hall–Kier alpha value is -1.99. The number of para-hydroxylation sites is 1. The molecule has 0 aliphatic carbocycles. The summed E-state index contributed by atoms with van der Waals surface area (Å²) in [6.45, 7) is 1.39. The first-order valence-electron chi connectivity index (χ1n) is 6.87. The van der Waals surface area contributed by atoms with Gasteiger partial charge in [0.2, 0.25) is 5.91 Å². The van der Waals surface area contributed by atoms with Crippen LogP contribution in [0.5, 0.6) is 0 Å². The number of nitro groups is 1. The maximum Gasteiger partial charge on any atom is 0.274 e. The number of nitrogens with one attached hydrogen (secondary N) is 1. The van der Waals surface area contributed by atoms with Crippen LogP contribution < -0.4 is 11.1 Å². The first-order valence-corrected chi connectivity index (χ1v) is 6.87. The topological polar surface area (TPSA) is 107 Å². The highest BCUT2D eigenvalue weighted by atomic mass is 16.6. The molecule has 1 aromatic carbocycles. The zero-order chi connectivity index (χ0) is 15.3. The fourth-order valence-electron chi connectivity index (χ4n) is 2.49. The summed E-state index contributed by atoms with van der Waals surface area (Å²) >= 11 is 0. The van der Waals surface area contributed by atoms with Crippen LogP contribution in [0.2, 0.25) is 0 Å². The smallest absolute Gasteiger partial charge is 0.274 e. The Balaban J connectivity index is 2.05. The third kappa shape index (κ3) is 3.37. The van der Waals surface area contributed by atoms with Crippen molar-refractivity contribution in [3.8, 4) is 0 Å². The molecule has 1 aliphatic rings. The van der Waals surface area contributed by atoms with Gasteiger partial charge in [-0.3, -0.25) is 14.9 Å². The number of benzene rings is 1. The number of carbonyl (C=O) groups excluding carboxylic acids is 1. The quantitative estimate of drug-likeness (QED) is 0.621. The summed E-state index contributed by atoms with van der Waals surface area (Å²) in [5.74, 6) is -0.161. The number of ether oxygens (including phenoxy) is 1. The van der Waals surface area contributed by atoms with Crippen LogP contribution in [0.25, 0.3) is 0 Å². The third-order valence-corrected chi connectivity index (χ3v) is 3.95. The van der Waals surface area contributed by atoms with E-state index in [1.165, 1.54) is 6.07 Å². The molecule has 1 aliphatic heterocycles. The van der Waals surface area contributed by atoms with Crippen LogP contribution in [0.4, 0.5) is 5.69 Å². The number of hydrogen-bond donors (Lipinski definition) is 2. The molecule has 3 N–H and O–H groups in total. The third-order valence-electron chi connectivity index (χ3n) is 3.95. The van der Waals surface area contributed by atoms with Crippen LogP contribution >= 0.6 is 0 Å². The van der Waals surface area contributed by atoms with E-state index in [-0.39, 0.29) is 24.7 Å². The van der Waals surface area contributed by atoms with Gasteiger partial charge < -0.3 is 15.8 Å². The van der Waals surface area contributed by atoms with Crippen molar-refractivity contribution in [3.63, 3.8) is 0 Å². The van der Waals surface area contributed by atoms with Gasteiger partial charge in [-0.05, 0) is 12.8 Å². The van der Waals surface area contributed by atoms with E-state index in [1.54, 1.807) is 18.2 Å². The van der Waals surface area contributed by atoms with Crippen LogP contribution in [-0.4, -0.2) is 30.6 Å². The summed E-state index contributed by atoms with van der Waals surface area (Å²) in [6.07, 6.45) is 1.15. The zero-order valence-electron chi connectivity index (χ0n) is 11.7. The molecular weight excluding hydrogens is 274 g/mol. The molecule has 1 heterocycles. The monoisotopic (exact) mass is 293 g/mol. The molecule has 21 heavy (non-hydrogen) atoms. The van der Waals surface area contributed by atoms with Gasteiger partial charge in [0, 0.05) is 37.9 Å². The number of rotatable bonds is 5. The highest BCUT2D eigenvalue weighted by Gasteiger charge is 2.38. The van der Waals surface area contributed by atoms with E-state index in [4.69, 9.17) is 10.5 Å². The molecule has 1 fully saturated rings. The Kier molecular flexibility index (Phi) is 4.87. The number of nitro benzene ring substituents is 1. The predicted octanol–water partition coefficient (Wildman–Crippen LogP) is 0.966. The lowest BCUT2D eigenvalue weighted by atomic mass is 9.79. The number of amides is 1. The summed E-state index contributed by atoms with van der Waals surface area (Å²) in [6, 6.07) is 6.37. The lowest BCUT2D eigenvalue weighted by molar-refractivity contribution is -0.385. The normalized spacial score (nSPS) is 17.2. The molecule has 0 atom stereocenters. The van der Waals surface area contributed by atoms with Gasteiger partial charge in [-0.1, -0.05) is 18.2 Å². The molecule has 7 nitrogen and oxygen atoms in total. The Labute approximate surface area is 122 Å². The molecule has 114 valence electrons. The summed E-state index contributed by atoms with van der Waals surface area (Å²) in [4.78, 5) is 22.9. The average Bonchev–Trinajstić information content (AvgIpc) is 2.53. The number of carbonyl (C=O) groups is 1. The lowest BCUT2D eigenvalue weighted by Crippen LogP contribution is -2.49. The van der Waals surface area contributed by atoms with Gasteiger partial charge >= 0.3 is 0 Å². The molecule has 0 unspecified atom stereocenters. The SMILES string of the molecule is NCC1(C(=O)NCc2ccccc2[N+](=O)[O-])CCOCC1. The van der Waals surface area contributed by atoms with Crippen molar-refractivity contribution in [2.24, 2.45) is 11.1 Å². The molecule has 7 heteroatoms. The summed E-state index contributed by atoms with van der Waals surface area (Å²) in [7, 11) is 0. The highest BCUT2D eigenvalue weighted by molar-refractivity contribution is 5.83. The second kappa shape index (κ2) is 6.64. The zero-order valence-corrected chi connectivity index (χ0v) is 11.7. The van der Waals surface area contributed by atoms with E-state index < -0.39 is 10.3 Å². The molecule has 0 radical (unpaired) electrons. The van der Waals surface area contributed by atoms with E-state index in [2.05, 4.69) is 5.32 Å². The second-order valence-electron chi connectivity index (χ2n) is 5.17. The maximum absolute atomic E-state index is 12.4. The summed E-state index contributed by atoms with van der Waals surface area (Å²) < 4.78 is 5.27. The van der Waals surface area contributed by atoms with Crippen LogP contribution in [0.15, 0.2) is 24.3 Å². The van der Waals surface area contributed by atoms with Gasteiger partial charge in [0.15, 0.2) is 0 Å². The van der Waals surface area contributed by atoms with E-state index in [9.17, 15) is 14.9 Å². The van der Waals surface area contributed by atoms with Crippen LogP contribution in [0.1, 0.15) is 18.4 Å². The summed E-state index contributed by atoms with van der Waals surface area (Å²) in [5, 5.41) is 13.7. The molecule has 1 aromatic rings. The van der Waals surface area contributed by atoms with Crippen molar-refractivity contribution in [1.29, 1.82) is 0 Å². The number of nitrogens with zero attached hydrogens (tertiary/aromatic N) is 1. The highest BCUT2D eigenvalue weighted by Crippen LogP contribution is 2.29. The van der Waals surface area contributed by atoms with E-state index in [0.29, 0.717) is 31.6 Å². The van der Waals surface area contributed by atoms with Gasteiger partial charge in [0.25, 0.3) is 5.69 Å². The van der Waals surface area contributed by atoms with Gasteiger partial charge in [-0.25, -0.2) is 0 Å². The average molecular weight is 293 g/mol. The molecule has 0 saturated carbocycles. The van der Waals surface area contributed by atoms with Gasteiger partial charge in [0.05, 0.1) is 10.3 Å². The van der Waals surface area contributed by atoms with E-state index in [0.717, 1.165) is 0 Å². The van der Waals surface area contributed by atoms with Crippen molar-refractivity contribution >= 4 is 11.6 Å². The van der Waals surface area contributed by atoms with Crippen molar-refractivity contribution in [1.82, 2.24) is 5.32 Å². The van der Waals surface area contributed by atoms with Crippen molar-refractivity contribution in [2.75, 3.05) is 19.8 Å². The van der Waals surface area contributed by atoms with Crippen LogP contribution in [-0.2, 0) is 16.1 Å². The molecule has 2 rings (SSSR count). The van der Waals surface area contributed by atoms with Crippen molar-refractivity contribution < 1.29 is 14.5 Å². The Bertz CT molecular complexity index is 527. The van der Waals surface area contributed by atoms with Gasteiger partial charge in [-0.2, -0.15) is 0 Å². The van der Waals surface area contributed by atoms with Gasteiger partial charge in [0.1, 0.15) is 0 Å². The first kappa shape index (κ1) is 15.4. The fourth-order valence-corrected chi connectivity index (χ4v) is 2.49. The van der Waals surface area contributed by atoms with E-state index >= 15 is 0 Å². The van der Waals surface area contributed by atoms with Crippen LogP contribution in [0, 0.1) is 15.5 Å². The standard InChI is InChI=1S/C14H19N3O4/c15-10-14(5-7-21-8-6-14)13(18)16-9-11-3-1-2-4-12(11)17(19)20/h1-4H,5-10,15H2,(H,16,18). The van der Waals surface area contributed by atoms with E-state index in [1.807, 2.05) is 0 Å². The Morgan fingerprint density at radius 3 is 2.67 bits per heavy atom. The maximum atomic E-state index is 12.4. The predicted molar refractivity (Wildman–Crippen MR) is 76.5 cm³/mol. The summed E-state index contributed by atoms with van der Waals surface area (Å²) in [5.41, 5.74) is 5.63. The molecular formula is C14H19N3O4. The van der Waals surface area contributed by atoms with Crippen LogP contribution in [0.3, 0.4) is 0 Å². The molecule has 0 bridgehead atoms. The minimum absolute atomic E-state index is 0.00609. The second-order valence-corrected chi connectivity index (χ2v) is 5.17. The lowest BCUT2D eigenvalue weighted by Gasteiger charge is -2.34. The minimum Gasteiger partial charge on any atom is -0.381 e. The fraction of sp³-hybridized carbons (Fsp3) is 0.500.